The molecule has 7 heteroatoms. The summed E-state index contributed by atoms with van der Waals surface area (Å²) in [6, 6.07) is 16.7. The summed E-state index contributed by atoms with van der Waals surface area (Å²) in [7, 11) is 3.93. The van der Waals surface area contributed by atoms with Gasteiger partial charge in [0.1, 0.15) is 23.6 Å². The molecule has 3 rings (SSSR count). The third-order valence-electron chi connectivity index (χ3n) is 3.99. The highest BCUT2D eigenvalue weighted by Crippen LogP contribution is 2.26. The van der Waals surface area contributed by atoms with Crippen LogP contribution in [0.25, 0.3) is 0 Å². The Labute approximate surface area is 164 Å². The first-order chi connectivity index (χ1) is 13.6. The Morgan fingerprint density at radius 2 is 1.82 bits per heavy atom. The summed E-state index contributed by atoms with van der Waals surface area (Å²) >= 11 is 0. The van der Waals surface area contributed by atoms with E-state index in [2.05, 4.69) is 20.6 Å². The normalized spacial score (nSPS) is 10.2. The Morgan fingerprint density at radius 1 is 1.07 bits per heavy atom. The highest BCUT2D eigenvalue weighted by molar-refractivity contribution is 6.03. The number of carbonyl (C=O) groups is 1. The van der Waals surface area contributed by atoms with Gasteiger partial charge in [-0.1, -0.05) is 12.1 Å². The molecule has 1 heterocycles. The third kappa shape index (κ3) is 4.76. The lowest BCUT2D eigenvalue weighted by atomic mass is 10.2. The fourth-order valence-electron chi connectivity index (χ4n) is 2.58. The number of anilines is 4. The molecule has 2 N–H and O–H groups in total. The molecule has 28 heavy (non-hydrogen) atoms. The lowest BCUT2D eigenvalue weighted by molar-refractivity contribution is 0.102. The number of rotatable bonds is 7. The van der Waals surface area contributed by atoms with Gasteiger partial charge in [-0.3, -0.25) is 4.79 Å². The van der Waals surface area contributed by atoms with E-state index < -0.39 is 0 Å². The van der Waals surface area contributed by atoms with Crippen LogP contribution in [0.1, 0.15) is 17.4 Å². The average molecular weight is 377 g/mol. The number of nitrogens with one attached hydrogen (secondary N) is 2. The number of benzene rings is 2. The zero-order valence-electron chi connectivity index (χ0n) is 16.1. The van der Waals surface area contributed by atoms with Gasteiger partial charge in [0.15, 0.2) is 0 Å². The molecule has 2 aromatic carbocycles. The van der Waals surface area contributed by atoms with Crippen LogP contribution in [-0.2, 0) is 0 Å². The summed E-state index contributed by atoms with van der Waals surface area (Å²) in [6.07, 6.45) is 1.36. The van der Waals surface area contributed by atoms with Gasteiger partial charge in [0.05, 0.1) is 12.3 Å². The molecule has 0 radical (unpaired) electrons. The van der Waals surface area contributed by atoms with Crippen molar-refractivity contribution in [2.75, 3.05) is 36.2 Å². The number of amides is 1. The molecule has 0 saturated heterocycles. The maximum Gasteiger partial charge on any atom is 0.274 e. The summed E-state index contributed by atoms with van der Waals surface area (Å²) < 4.78 is 5.60. The maximum atomic E-state index is 12.5. The zero-order valence-corrected chi connectivity index (χ0v) is 16.1. The molecule has 0 aliphatic heterocycles. The van der Waals surface area contributed by atoms with Gasteiger partial charge < -0.3 is 20.3 Å². The van der Waals surface area contributed by atoms with Crippen molar-refractivity contribution >= 4 is 28.8 Å². The van der Waals surface area contributed by atoms with Gasteiger partial charge in [-0.25, -0.2) is 9.97 Å². The number of aromatic nitrogens is 2. The van der Waals surface area contributed by atoms with E-state index in [1.807, 2.05) is 74.4 Å². The van der Waals surface area contributed by atoms with Gasteiger partial charge in [0, 0.05) is 31.5 Å². The van der Waals surface area contributed by atoms with Crippen molar-refractivity contribution in [3.8, 4) is 5.75 Å². The smallest absolute Gasteiger partial charge is 0.274 e. The second-order valence-electron chi connectivity index (χ2n) is 6.24. The van der Waals surface area contributed by atoms with Crippen LogP contribution in [0.2, 0.25) is 0 Å². The first-order valence-electron chi connectivity index (χ1n) is 8.96. The molecule has 0 fully saturated rings. The van der Waals surface area contributed by atoms with Crippen LogP contribution >= 0.6 is 0 Å². The predicted octanol–water partition coefficient (Wildman–Crippen LogP) is 3.94. The zero-order chi connectivity index (χ0) is 19.9. The van der Waals surface area contributed by atoms with E-state index in [9.17, 15) is 4.79 Å². The molecule has 1 aromatic heterocycles. The average Bonchev–Trinajstić information content (AvgIpc) is 2.70. The van der Waals surface area contributed by atoms with Crippen LogP contribution in [0.5, 0.6) is 5.75 Å². The van der Waals surface area contributed by atoms with Crippen molar-refractivity contribution in [3.05, 3.63) is 66.6 Å². The quantitative estimate of drug-likeness (QED) is 0.649. The Morgan fingerprint density at radius 3 is 2.54 bits per heavy atom. The molecular weight excluding hydrogens is 354 g/mol. The number of hydrogen-bond donors (Lipinski definition) is 2. The number of hydrogen-bond acceptors (Lipinski definition) is 6. The summed E-state index contributed by atoms with van der Waals surface area (Å²) in [5.41, 5.74) is 2.79. The molecule has 144 valence electrons. The molecule has 3 aromatic rings. The third-order valence-corrected chi connectivity index (χ3v) is 3.99. The summed E-state index contributed by atoms with van der Waals surface area (Å²) in [4.78, 5) is 22.8. The van der Waals surface area contributed by atoms with Crippen LogP contribution < -0.4 is 20.3 Å². The van der Waals surface area contributed by atoms with E-state index in [1.54, 1.807) is 6.07 Å². The summed E-state index contributed by atoms with van der Waals surface area (Å²) in [5, 5.41) is 6.02. The molecule has 0 saturated carbocycles. The molecule has 0 atom stereocenters. The molecule has 1 amide bonds. The predicted molar refractivity (Wildman–Crippen MR) is 112 cm³/mol. The summed E-state index contributed by atoms with van der Waals surface area (Å²) in [5.74, 6) is 0.923. The monoisotopic (exact) mass is 377 g/mol. The lowest BCUT2D eigenvalue weighted by Crippen LogP contribution is -2.14. The Kier molecular flexibility index (Phi) is 6.06. The maximum absolute atomic E-state index is 12.5. The minimum atomic E-state index is -0.304. The van der Waals surface area contributed by atoms with E-state index in [1.165, 1.54) is 6.33 Å². The Balaban J connectivity index is 1.73. The van der Waals surface area contributed by atoms with Crippen LogP contribution in [0.3, 0.4) is 0 Å². The van der Waals surface area contributed by atoms with Crippen molar-refractivity contribution in [1.29, 1.82) is 0 Å². The lowest BCUT2D eigenvalue weighted by Gasteiger charge is -2.13. The molecule has 0 unspecified atom stereocenters. The first kappa shape index (κ1) is 19.2. The second-order valence-corrected chi connectivity index (χ2v) is 6.24. The number of ether oxygens (including phenoxy) is 1. The number of nitrogens with zero attached hydrogens (tertiary/aromatic N) is 3. The fourth-order valence-corrected chi connectivity index (χ4v) is 2.58. The van der Waals surface area contributed by atoms with Crippen molar-refractivity contribution in [2.24, 2.45) is 0 Å². The van der Waals surface area contributed by atoms with E-state index >= 15 is 0 Å². The molecule has 0 aliphatic rings. The molecular formula is C21H23N5O2. The minimum absolute atomic E-state index is 0.267. The SMILES string of the molecule is CCOc1ccccc1Nc1cc(C(=O)Nc2ccc(N(C)C)cc2)ncn1. The van der Waals surface area contributed by atoms with Gasteiger partial charge in [0.25, 0.3) is 5.91 Å². The summed E-state index contributed by atoms with van der Waals surface area (Å²) in [6.45, 7) is 2.48. The van der Waals surface area contributed by atoms with Crippen molar-refractivity contribution < 1.29 is 9.53 Å². The molecule has 0 bridgehead atoms. The van der Waals surface area contributed by atoms with Gasteiger partial charge in [0.2, 0.25) is 0 Å². The largest absolute Gasteiger partial charge is 0.492 e. The van der Waals surface area contributed by atoms with E-state index in [4.69, 9.17) is 4.74 Å². The molecule has 0 spiro atoms. The van der Waals surface area contributed by atoms with Crippen LogP contribution in [-0.4, -0.2) is 36.6 Å². The Hall–Kier alpha value is -3.61. The standard InChI is InChI=1S/C21H23N5O2/c1-4-28-19-8-6-5-7-17(19)25-20-13-18(22-14-23-20)21(27)24-15-9-11-16(12-10-15)26(2)3/h5-14H,4H2,1-3H3,(H,24,27)(H,22,23,25). The van der Waals surface area contributed by atoms with Gasteiger partial charge in [-0.15, -0.1) is 0 Å². The first-order valence-corrected chi connectivity index (χ1v) is 8.96. The van der Waals surface area contributed by atoms with E-state index in [0.29, 0.717) is 18.1 Å². The number of carbonyl (C=O) groups excluding carboxylic acids is 1. The Bertz CT molecular complexity index is 942. The van der Waals surface area contributed by atoms with E-state index in [-0.39, 0.29) is 11.6 Å². The van der Waals surface area contributed by atoms with Crippen molar-refractivity contribution in [1.82, 2.24) is 9.97 Å². The van der Waals surface area contributed by atoms with Crippen LogP contribution in [0.15, 0.2) is 60.9 Å². The van der Waals surface area contributed by atoms with Gasteiger partial charge in [-0.05, 0) is 43.3 Å². The molecule has 0 aliphatic carbocycles. The topological polar surface area (TPSA) is 79.4 Å². The van der Waals surface area contributed by atoms with Crippen molar-refractivity contribution in [3.63, 3.8) is 0 Å². The van der Waals surface area contributed by atoms with Crippen LogP contribution in [0.4, 0.5) is 22.9 Å². The second kappa shape index (κ2) is 8.85. The molecule has 7 nitrogen and oxygen atoms in total. The van der Waals surface area contributed by atoms with Crippen molar-refractivity contribution in [2.45, 2.75) is 6.92 Å². The van der Waals surface area contributed by atoms with Gasteiger partial charge in [-0.2, -0.15) is 0 Å². The fraction of sp³-hybridized carbons (Fsp3) is 0.190. The number of para-hydroxylation sites is 2. The van der Waals surface area contributed by atoms with Gasteiger partial charge >= 0.3 is 0 Å². The van der Waals surface area contributed by atoms with Crippen LogP contribution in [0, 0.1) is 0 Å². The minimum Gasteiger partial charge on any atom is -0.492 e. The highest BCUT2D eigenvalue weighted by Gasteiger charge is 2.11. The van der Waals surface area contributed by atoms with E-state index in [0.717, 1.165) is 17.1 Å². The highest BCUT2D eigenvalue weighted by atomic mass is 16.5.